The summed E-state index contributed by atoms with van der Waals surface area (Å²) < 4.78 is 4.95. The summed E-state index contributed by atoms with van der Waals surface area (Å²) in [7, 11) is 1.58. The van der Waals surface area contributed by atoms with E-state index in [1.165, 1.54) is 18.2 Å². The molecule has 0 radical (unpaired) electrons. The van der Waals surface area contributed by atoms with E-state index >= 15 is 0 Å². The summed E-state index contributed by atoms with van der Waals surface area (Å²) in [6.07, 6.45) is 0. The van der Waals surface area contributed by atoms with Crippen molar-refractivity contribution in [1.82, 2.24) is 16.2 Å². The van der Waals surface area contributed by atoms with Crippen LogP contribution in [0.2, 0.25) is 0 Å². The van der Waals surface area contributed by atoms with Gasteiger partial charge in [-0.3, -0.25) is 25.8 Å². The summed E-state index contributed by atoms with van der Waals surface area (Å²) in [6, 6.07) is 4.11. The predicted molar refractivity (Wildman–Crippen MR) is 85.5 cm³/mol. The van der Waals surface area contributed by atoms with Gasteiger partial charge in [-0.2, -0.15) is 0 Å². The molecule has 0 unspecified atom stereocenters. The van der Waals surface area contributed by atoms with Crippen molar-refractivity contribution < 1.29 is 14.5 Å². The highest BCUT2D eigenvalue weighted by Gasteiger charge is 2.14. The lowest BCUT2D eigenvalue weighted by molar-refractivity contribution is -0.385. The fraction of sp³-hybridized carbons (Fsp3) is 0.385. The molecule has 0 aliphatic carbocycles. The summed E-state index contributed by atoms with van der Waals surface area (Å²) in [5.74, 6) is -0.443. The van der Waals surface area contributed by atoms with E-state index in [-0.39, 0.29) is 16.8 Å². The first-order valence-corrected chi connectivity index (χ1v) is 6.86. The summed E-state index contributed by atoms with van der Waals surface area (Å²) in [5.41, 5.74) is 5.65. The van der Waals surface area contributed by atoms with E-state index in [2.05, 4.69) is 16.2 Å². The lowest BCUT2D eigenvalue weighted by Crippen LogP contribution is -2.49. The van der Waals surface area contributed by atoms with Crippen LogP contribution < -0.4 is 16.2 Å². The summed E-state index contributed by atoms with van der Waals surface area (Å²) in [5, 5.41) is 13.9. The zero-order valence-electron chi connectivity index (χ0n) is 12.5. The van der Waals surface area contributed by atoms with Gasteiger partial charge in [0.1, 0.15) is 0 Å². The number of nitrogens with one attached hydrogen (secondary N) is 3. The summed E-state index contributed by atoms with van der Waals surface area (Å²) >= 11 is 5.01. The van der Waals surface area contributed by atoms with Crippen LogP contribution in [0.15, 0.2) is 18.2 Å². The molecule has 1 atom stereocenters. The lowest BCUT2D eigenvalue weighted by Gasteiger charge is -2.16. The minimum atomic E-state index is -0.495. The van der Waals surface area contributed by atoms with Crippen LogP contribution in [0.4, 0.5) is 5.69 Å². The number of hydrazine groups is 1. The number of carbonyl (C=O) groups excluding carboxylic acids is 1. The fourth-order valence-corrected chi connectivity index (χ4v) is 1.99. The van der Waals surface area contributed by atoms with Gasteiger partial charge in [-0.05, 0) is 38.2 Å². The molecule has 1 amide bonds. The Morgan fingerprint density at radius 1 is 1.45 bits per heavy atom. The van der Waals surface area contributed by atoms with Crippen molar-refractivity contribution in [3.63, 3.8) is 0 Å². The highest BCUT2D eigenvalue weighted by Crippen LogP contribution is 2.18. The topological polar surface area (TPSA) is 106 Å². The zero-order chi connectivity index (χ0) is 16.7. The third kappa shape index (κ3) is 5.26. The Bertz CT molecular complexity index is 579. The molecule has 9 heteroatoms. The number of thiocarbonyl (C=S) groups is 1. The molecule has 0 aliphatic rings. The van der Waals surface area contributed by atoms with Crippen LogP contribution in [0.1, 0.15) is 22.8 Å². The SMILES string of the molecule is COC[C@@H](C)NC(=S)NNC(=O)c1ccc([N+](=O)[O-])c(C)c1. The van der Waals surface area contributed by atoms with Crippen molar-refractivity contribution >= 4 is 28.9 Å². The van der Waals surface area contributed by atoms with Crippen LogP contribution in [-0.2, 0) is 4.74 Å². The van der Waals surface area contributed by atoms with E-state index in [0.717, 1.165) is 0 Å². The molecule has 0 aromatic heterocycles. The Morgan fingerprint density at radius 3 is 2.68 bits per heavy atom. The summed E-state index contributed by atoms with van der Waals surface area (Å²) in [6.45, 7) is 3.91. The van der Waals surface area contributed by atoms with Crippen LogP contribution in [0.3, 0.4) is 0 Å². The van der Waals surface area contributed by atoms with Crippen molar-refractivity contribution in [3.05, 3.63) is 39.4 Å². The van der Waals surface area contributed by atoms with E-state index in [4.69, 9.17) is 17.0 Å². The molecule has 0 fully saturated rings. The molecule has 1 aromatic rings. The van der Waals surface area contributed by atoms with Crippen LogP contribution >= 0.6 is 12.2 Å². The number of rotatable bonds is 5. The first kappa shape index (κ1) is 17.8. The first-order chi connectivity index (χ1) is 10.3. The van der Waals surface area contributed by atoms with E-state index in [1.807, 2.05) is 6.92 Å². The van der Waals surface area contributed by atoms with Gasteiger partial charge in [0.05, 0.1) is 11.5 Å². The second-order valence-corrected chi connectivity index (χ2v) is 5.08. The lowest BCUT2D eigenvalue weighted by atomic mass is 10.1. The number of methoxy groups -OCH3 is 1. The molecule has 3 N–H and O–H groups in total. The van der Waals surface area contributed by atoms with Crippen molar-refractivity contribution in [1.29, 1.82) is 0 Å². The smallest absolute Gasteiger partial charge is 0.272 e. The second-order valence-electron chi connectivity index (χ2n) is 4.67. The number of nitro benzene ring substituents is 1. The number of nitro groups is 1. The maximum Gasteiger partial charge on any atom is 0.272 e. The Morgan fingerprint density at radius 2 is 2.14 bits per heavy atom. The van der Waals surface area contributed by atoms with Crippen LogP contribution in [-0.4, -0.2) is 35.7 Å². The molecular weight excluding hydrogens is 308 g/mol. The molecule has 120 valence electrons. The minimum Gasteiger partial charge on any atom is -0.383 e. The Labute approximate surface area is 133 Å². The molecule has 0 saturated heterocycles. The Hall–Kier alpha value is -2.26. The molecule has 0 heterocycles. The minimum absolute atomic E-state index is 0.0106. The Balaban J connectivity index is 2.57. The molecule has 22 heavy (non-hydrogen) atoms. The van der Waals surface area contributed by atoms with Gasteiger partial charge in [0, 0.05) is 30.3 Å². The second kappa shape index (κ2) is 8.25. The van der Waals surface area contributed by atoms with Gasteiger partial charge < -0.3 is 10.1 Å². The fourth-order valence-electron chi connectivity index (χ4n) is 1.74. The first-order valence-electron chi connectivity index (χ1n) is 6.46. The van der Waals surface area contributed by atoms with Crippen LogP contribution in [0, 0.1) is 17.0 Å². The van der Waals surface area contributed by atoms with Gasteiger partial charge in [0.2, 0.25) is 0 Å². The number of hydrogen-bond acceptors (Lipinski definition) is 5. The van der Waals surface area contributed by atoms with Gasteiger partial charge >= 0.3 is 0 Å². The van der Waals surface area contributed by atoms with Gasteiger partial charge in [-0.1, -0.05) is 0 Å². The van der Waals surface area contributed by atoms with Crippen LogP contribution in [0.25, 0.3) is 0 Å². The Kier molecular flexibility index (Phi) is 6.67. The van der Waals surface area contributed by atoms with E-state index in [0.29, 0.717) is 17.7 Å². The maximum absolute atomic E-state index is 11.9. The van der Waals surface area contributed by atoms with Gasteiger partial charge in [0.15, 0.2) is 5.11 Å². The zero-order valence-corrected chi connectivity index (χ0v) is 13.3. The van der Waals surface area contributed by atoms with Gasteiger partial charge in [-0.15, -0.1) is 0 Å². The highest BCUT2D eigenvalue weighted by atomic mass is 32.1. The quantitative estimate of drug-likeness (QED) is 0.422. The highest BCUT2D eigenvalue weighted by molar-refractivity contribution is 7.80. The predicted octanol–water partition coefficient (Wildman–Crippen LogP) is 1.05. The van der Waals surface area contributed by atoms with Crippen molar-refractivity contribution in [2.24, 2.45) is 0 Å². The van der Waals surface area contributed by atoms with Gasteiger partial charge in [-0.25, -0.2) is 0 Å². The van der Waals surface area contributed by atoms with Crippen molar-refractivity contribution in [2.75, 3.05) is 13.7 Å². The van der Waals surface area contributed by atoms with Gasteiger partial charge in [0.25, 0.3) is 11.6 Å². The third-order valence-electron chi connectivity index (χ3n) is 2.74. The average molecular weight is 326 g/mol. The third-order valence-corrected chi connectivity index (χ3v) is 2.96. The average Bonchev–Trinajstić information content (AvgIpc) is 2.44. The number of hydrogen-bond donors (Lipinski definition) is 3. The van der Waals surface area contributed by atoms with Crippen molar-refractivity contribution in [2.45, 2.75) is 19.9 Å². The van der Waals surface area contributed by atoms with E-state index < -0.39 is 10.8 Å². The molecule has 1 aromatic carbocycles. The van der Waals surface area contributed by atoms with E-state index in [9.17, 15) is 14.9 Å². The monoisotopic (exact) mass is 326 g/mol. The summed E-state index contributed by atoms with van der Waals surface area (Å²) in [4.78, 5) is 22.2. The van der Waals surface area contributed by atoms with Crippen molar-refractivity contribution in [3.8, 4) is 0 Å². The number of benzene rings is 1. The number of nitrogens with zero attached hydrogens (tertiary/aromatic N) is 1. The largest absolute Gasteiger partial charge is 0.383 e. The molecule has 0 aliphatic heterocycles. The van der Waals surface area contributed by atoms with E-state index in [1.54, 1.807) is 14.0 Å². The molecule has 0 bridgehead atoms. The number of carbonyl (C=O) groups is 1. The molecule has 0 spiro atoms. The molecular formula is C13H18N4O4S. The number of aryl methyl sites for hydroxylation is 1. The standard InChI is InChI=1S/C13H18N4O4S/c1-8-6-10(4-5-11(8)17(19)20)12(18)15-16-13(22)14-9(2)7-21-3/h4-6,9H,7H2,1-3H3,(H,15,18)(H2,14,16,22)/t9-/m1/s1. The maximum atomic E-state index is 11.9. The molecule has 8 nitrogen and oxygen atoms in total. The molecule has 0 saturated carbocycles. The normalized spacial score (nSPS) is 11.4. The number of amides is 1. The molecule has 1 rings (SSSR count). The number of ether oxygens (including phenoxy) is 1. The van der Waals surface area contributed by atoms with Crippen LogP contribution in [0.5, 0.6) is 0 Å².